The fraction of sp³-hybridized carbons (Fsp3) is 0.800. The maximum absolute atomic E-state index is 3.77. The molecule has 1 heterocycles. The molecule has 0 bridgehead atoms. The van der Waals surface area contributed by atoms with Gasteiger partial charge in [-0.05, 0) is 25.9 Å². The molecule has 0 aliphatic carbocycles. The molecule has 1 aliphatic heterocycles. The van der Waals surface area contributed by atoms with Crippen molar-refractivity contribution in [1.29, 1.82) is 0 Å². The van der Waals surface area contributed by atoms with Crippen molar-refractivity contribution in [2.24, 2.45) is 0 Å². The zero-order valence-corrected chi connectivity index (χ0v) is 7.40. The minimum absolute atomic E-state index is 0. The van der Waals surface area contributed by atoms with E-state index in [1.165, 1.54) is 25.9 Å². The first kappa shape index (κ1) is 8.06. The summed E-state index contributed by atoms with van der Waals surface area (Å²) in [6.45, 7) is 2.42. The predicted molar refractivity (Wildman–Crippen MR) is 26.2 cm³/mol. The largest absolute Gasteiger partial charge is 0.459 e. The van der Waals surface area contributed by atoms with E-state index in [9.17, 15) is 0 Å². The van der Waals surface area contributed by atoms with Crippen LogP contribution < -0.4 is 0 Å². The molecular weight excluding hydrogens is 163 g/mol. The van der Waals surface area contributed by atoms with Crippen molar-refractivity contribution in [3.8, 4) is 0 Å². The number of hydrogen-bond donors (Lipinski definition) is 0. The second-order valence-corrected chi connectivity index (χ2v) is 1.83. The van der Waals surface area contributed by atoms with Gasteiger partial charge < -0.3 is 4.90 Å². The Hall–Kier alpha value is 1.06. The maximum Gasteiger partial charge on any atom is 0 e. The van der Waals surface area contributed by atoms with E-state index in [-0.39, 0.29) is 32.7 Å². The van der Waals surface area contributed by atoms with E-state index in [4.69, 9.17) is 0 Å². The summed E-state index contributed by atoms with van der Waals surface area (Å²) in [5.74, 6) is 0. The van der Waals surface area contributed by atoms with Crippen LogP contribution in [0.4, 0.5) is 0 Å². The van der Waals surface area contributed by atoms with Crippen molar-refractivity contribution in [2.75, 3.05) is 13.1 Å². The van der Waals surface area contributed by atoms with Crippen LogP contribution in [0.1, 0.15) is 12.8 Å². The Balaban J connectivity index is 0.000000360. The summed E-state index contributed by atoms with van der Waals surface area (Å²) in [4.78, 5) is 2.11. The van der Waals surface area contributed by atoms with Gasteiger partial charge in [-0.2, -0.15) is 0 Å². The molecule has 1 nitrogen and oxygen atoms in total. The Morgan fingerprint density at radius 3 is 1.71 bits per heavy atom. The Morgan fingerprint density at radius 1 is 1.14 bits per heavy atom. The molecule has 0 spiro atoms. The van der Waals surface area contributed by atoms with Crippen LogP contribution in [0, 0.1) is 7.05 Å². The average Bonchev–Trinajstić information content (AvgIpc) is 1.86. The molecule has 0 N–H and O–H groups in total. The number of rotatable bonds is 0. The van der Waals surface area contributed by atoms with E-state index in [1.807, 2.05) is 0 Å². The van der Waals surface area contributed by atoms with Crippen molar-refractivity contribution < 1.29 is 32.7 Å². The zero-order valence-electron chi connectivity index (χ0n) is 4.56. The van der Waals surface area contributed by atoms with Gasteiger partial charge >= 0.3 is 0 Å². The molecule has 1 saturated heterocycles. The van der Waals surface area contributed by atoms with Crippen LogP contribution in [0.15, 0.2) is 0 Å². The molecule has 0 amide bonds. The van der Waals surface area contributed by atoms with Gasteiger partial charge in [0, 0.05) is 32.7 Å². The molecule has 0 saturated carbocycles. The van der Waals surface area contributed by atoms with Crippen molar-refractivity contribution >= 4 is 0 Å². The summed E-state index contributed by atoms with van der Waals surface area (Å²) in [5, 5.41) is 0. The van der Waals surface area contributed by atoms with Gasteiger partial charge in [-0.15, -0.1) is 0 Å². The van der Waals surface area contributed by atoms with Gasteiger partial charge in [0.1, 0.15) is 0 Å². The number of hydrogen-bond acceptors (Lipinski definition) is 1. The van der Waals surface area contributed by atoms with Gasteiger partial charge in [0.05, 0.1) is 0 Å². The summed E-state index contributed by atoms with van der Waals surface area (Å²) >= 11 is 0. The molecule has 1 radical (unpaired) electrons. The molecule has 39 valence electrons. The van der Waals surface area contributed by atoms with E-state index in [0.29, 0.717) is 0 Å². The monoisotopic (exact) mass is 173 g/mol. The normalized spacial score (nSPS) is 21.9. The molecule has 0 aromatic heterocycles. The number of nitrogens with zero attached hydrogens (tertiary/aromatic N) is 1. The Labute approximate surface area is 70.3 Å². The molecule has 1 aliphatic rings. The van der Waals surface area contributed by atoms with E-state index in [2.05, 4.69) is 11.9 Å². The van der Waals surface area contributed by atoms with Crippen LogP contribution in [0.5, 0.6) is 0 Å². The molecule has 0 aromatic carbocycles. The van der Waals surface area contributed by atoms with E-state index < -0.39 is 0 Å². The SMILES string of the molecule is [CH2-]N1CCCC1.[Y]. The van der Waals surface area contributed by atoms with E-state index in [1.54, 1.807) is 0 Å². The third-order valence-corrected chi connectivity index (χ3v) is 1.20. The molecule has 1 rings (SSSR count). The summed E-state index contributed by atoms with van der Waals surface area (Å²) in [5.41, 5.74) is 0. The third-order valence-electron chi connectivity index (χ3n) is 1.20. The Morgan fingerprint density at radius 2 is 1.57 bits per heavy atom. The van der Waals surface area contributed by atoms with E-state index >= 15 is 0 Å². The maximum atomic E-state index is 3.77. The first-order chi connectivity index (χ1) is 2.89. The van der Waals surface area contributed by atoms with Crippen LogP contribution in [-0.2, 0) is 32.7 Å². The van der Waals surface area contributed by atoms with Gasteiger partial charge in [0.2, 0.25) is 0 Å². The minimum atomic E-state index is 0. The van der Waals surface area contributed by atoms with Crippen molar-refractivity contribution in [1.82, 2.24) is 4.90 Å². The smallest absolute Gasteiger partial charge is 0 e. The van der Waals surface area contributed by atoms with Crippen LogP contribution in [0.2, 0.25) is 0 Å². The van der Waals surface area contributed by atoms with Gasteiger partial charge in [-0.25, -0.2) is 0 Å². The summed E-state index contributed by atoms with van der Waals surface area (Å²) in [6, 6.07) is 0. The van der Waals surface area contributed by atoms with Crippen molar-refractivity contribution in [3.05, 3.63) is 7.05 Å². The third kappa shape index (κ3) is 2.79. The van der Waals surface area contributed by atoms with Crippen LogP contribution >= 0.6 is 0 Å². The summed E-state index contributed by atoms with van der Waals surface area (Å²) in [7, 11) is 3.77. The Bertz CT molecular complexity index is 41.3. The zero-order chi connectivity index (χ0) is 4.41. The second-order valence-electron chi connectivity index (χ2n) is 1.83. The van der Waals surface area contributed by atoms with Crippen molar-refractivity contribution in [2.45, 2.75) is 12.8 Å². The summed E-state index contributed by atoms with van der Waals surface area (Å²) in [6.07, 6.45) is 2.70. The molecule has 1 fully saturated rings. The van der Waals surface area contributed by atoms with E-state index in [0.717, 1.165) is 0 Å². The first-order valence-electron chi connectivity index (χ1n) is 2.45. The summed E-state index contributed by atoms with van der Waals surface area (Å²) < 4.78 is 0. The average molecular weight is 173 g/mol. The first-order valence-corrected chi connectivity index (χ1v) is 2.45. The van der Waals surface area contributed by atoms with Gasteiger partial charge in [0.25, 0.3) is 0 Å². The van der Waals surface area contributed by atoms with Crippen LogP contribution in [0.3, 0.4) is 0 Å². The standard InChI is InChI=1S/C5H10N.Y/c1-6-4-2-3-5-6;/h1-5H2;/q-1;. The van der Waals surface area contributed by atoms with Gasteiger partial charge in [-0.3, -0.25) is 7.05 Å². The van der Waals surface area contributed by atoms with Crippen molar-refractivity contribution in [3.63, 3.8) is 0 Å². The fourth-order valence-electron chi connectivity index (χ4n) is 0.783. The molecular formula is C5H10NY-. The minimum Gasteiger partial charge on any atom is -0.459 e. The predicted octanol–water partition coefficient (Wildman–Crippen LogP) is 0.871. The van der Waals surface area contributed by atoms with Gasteiger partial charge in [-0.1, -0.05) is 0 Å². The van der Waals surface area contributed by atoms with Crippen LogP contribution in [-0.4, -0.2) is 18.0 Å². The molecule has 0 unspecified atom stereocenters. The molecule has 0 atom stereocenters. The number of likely N-dealkylation sites (tertiary alicyclic amines) is 1. The topological polar surface area (TPSA) is 3.24 Å². The van der Waals surface area contributed by atoms with Gasteiger partial charge in [0.15, 0.2) is 0 Å². The molecule has 7 heavy (non-hydrogen) atoms. The fourth-order valence-corrected chi connectivity index (χ4v) is 0.783. The molecule has 0 aromatic rings. The quantitative estimate of drug-likeness (QED) is 0.491. The Kier molecular flexibility index (Phi) is 4.60. The second kappa shape index (κ2) is 3.99. The van der Waals surface area contributed by atoms with Crippen LogP contribution in [0.25, 0.3) is 0 Å². The molecule has 2 heteroatoms.